The van der Waals surface area contributed by atoms with Gasteiger partial charge in [0.05, 0.1) is 19.7 Å². The van der Waals surface area contributed by atoms with Gasteiger partial charge in [-0.15, -0.1) is 0 Å². The molecule has 2 aromatic carbocycles. The number of benzene rings is 2. The van der Waals surface area contributed by atoms with Gasteiger partial charge < -0.3 is 19.4 Å². The van der Waals surface area contributed by atoms with Gasteiger partial charge >= 0.3 is 0 Å². The highest BCUT2D eigenvalue weighted by molar-refractivity contribution is 5.94. The predicted molar refractivity (Wildman–Crippen MR) is 109 cm³/mol. The fourth-order valence-corrected chi connectivity index (χ4v) is 3.40. The lowest BCUT2D eigenvalue weighted by molar-refractivity contribution is -0.116. The molecule has 0 fully saturated rings. The van der Waals surface area contributed by atoms with E-state index in [9.17, 15) is 4.79 Å². The van der Waals surface area contributed by atoms with Gasteiger partial charge in [0.15, 0.2) is 0 Å². The molecule has 1 N–H and O–H groups in total. The summed E-state index contributed by atoms with van der Waals surface area (Å²) in [5.41, 5.74) is 4.16. The first kappa shape index (κ1) is 18.8. The van der Waals surface area contributed by atoms with E-state index in [-0.39, 0.29) is 12.5 Å². The first-order valence-electron chi connectivity index (χ1n) is 9.22. The van der Waals surface area contributed by atoms with Crippen molar-refractivity contribution in [2.24, 2.45) is 0 Å². The van der Waals surface area contributed by atoms with Crippen LogP contribution < -0.4 is 14.8 Å². The van der Waals surface area contributed by atoms with Gasteiger partial charge in [0.2, 0.25) is 5.91 Å². The average Bonchev–Trinajstić information content (AvgIpc) is 3.09. The Morgan fingerprint density at radius 3 is 2.33 bits per heavy atom. The Hall–Kier alpha value is -2.95. The lowest BCUT2D eigenvalue weighted by Gasteiger charge is -2.15. The second-order valence-corrected chi connectivity index (χ2v) is 6.41. The highest BCUT2D eigenvalue weighted by atomic mass is 16.5. The molecule has 5 nitrogen and oxygen atoms in total. The minimum absolute atomic E-state index is 0.0510. The summed E-state index contributed by atoms with van der Waals surface area (Å²) in [7, 11) is 3.25. The number of ether oxygens (including phenoxy) is 2. The normalized spacial score (nSPS) is 10.8. The van der Waals surface area contributed by atoms with E-state index in [1.165, 1.54) is 0 Å². The fraction of sp³-hybridized carbons (Fsp3) is 0.318. The van der Waals surface area contributed by atoms with Crippen molar-refractivity contribution in [3.63, 3.8) is 0 Å². The molecular weight excluding hydrogens is 340 g/mol. The third-order valence-corrected chi connectivity index (χ3v) is 4.86. The van der Waals surface area contributed by atoms with Crippen molar-refractivity contribution < 1.29 is 14.3 Å². The predicted octanol–water partition coefficient (Wildman–Crippen LogP) is 4.42. The summed E-state index contributed by atoms with van der Waals surface area (Å²) in [5, 5.41) is 4.07. The molecule has 5 heteroatoms. The molecule has 0 saturated heterocycles. The van der Waals surface area contributed by atoms with E-state index >= 15 is 0 Å². The Morgan fingerprint density at radius 1 is 1.04 bits per heavy atom. The number of nitrogens with one attached hydrogen (secondary N) is 1. The van der Waals surface area contributed by atoms with Gasteiger partial charge in [0, 0.05) is 29.4 Å². The van der Waals surface area contributed by atoms with Crippen LogP contribution >= 0.6 is 0 Å². The number of nitrogens with zero attached hydrogens (tertiary/aromatic N) is 1. The molecule has 1 aromatic heterocycles. The van der Waals surface area contributed by atoms with Crippen LogP contribution in [0.4, 0.5) is 5.69 Å². The van der Waals surface area contributed by atoms with E-state index in [0.717, 1.165) is 46.3 Å². The number of anilines is 1. The first-order chi connectivity index (χ1) is 13.1. The van der Waals surface area contributed by atoms with Crippen molar-refractivity contribution in [1.82, 2.24) is 4.57 Å². The number of fused-ring (bicyclic) bond motifs is 1. The number of amides is 1. The van der Waals surface area contributed by atoms with Crippen LogP contribution in [0.15, 0.2) is 42.6 Å². The number of aryl methyl sites for hydroxylation is 2. The Balaban J connectivity index is 1.89. The molecule has 0 aliphatic carbocycles. The second kappa shape index (κ2) is 8.16. The summed E-state index contributed by atoms with van der Waals surface area (Å²) >= 11 is 0. The zero-order valence-electron chi connectivity index (χ0n) is 16.3. The van der Waals surface area contributed by atoms with Gasteiger partial charge in [0.1, 0.15) is 18.0 Å². The Labute approximate surface area is 159 Å². The number of carbonyl (C=O) groups excluding carboxylic acids is 1. The van der Waals surface area contributed by atoms with Crippen molar-refractivity contribution >= 4 is 22.5 Å². The van der Waals surface area contributed by atoms with E-state index in [0.29, 0.717) is 5.75 Å². The van der Waals surface area contributed by atoms with Crippen LogP contribution in [-0.4, -0.2) is 24.7 Å². The van der Waals surface area contributed by atoms with Crippen molar-refractivity contribution in [1.29, 1.82) is 0 Å². The molecule has 142 valence electrons. The molecule has 3 aromatic rings. The van der Waals surface area contributed by atoms with Gasteiger partial charge in [-0.25, -0.2) is 0 Å². The van der Waals surface area contributed by atoms with Crippen LogP contribution in [-0.2, 0) is 24.2 Å². The molecule has 0 aliphatic heterocycles. The molecule has 3 rings (SSSR count). The number of para-hydroxylation sites is 1. The Bertz CT molecular complexity index is 937. The van der Waals surface area contributed by atoms with Gasteiger partial charge in [-0.05, 0) is 30.0 Å². The van der Waals surface area contributed by atoms with Gasteiger partial charge in [-0.1, -0.05) is 32.0 Å². The summed E-state index contributed by atoms with van der Waals surface area (Å²) in [6, 6.07) is 11.9. The molecular formula is C22H26N2O3. The summed E-state index contributed by atoms with van der Waals surface area (Å²) < 4.78 is 12.7. The third kappa shape index (κ3) is 3.77. The second-order valence-electron chi connectivity index (χ2n) is 6.41. The summed E-state index contributed by atoms with van der Waals surface area (Å²) in [4.78, 5) is 12.8. The minimum atomic E-state index is -0.0510. The van der Waals surface area contributed by atoms with E-state index in [1.54, 1.807) is 14.2 Å². The molecule has 0 unspecified atom stereocenters. The van der Waals surface area contributed by atoms with Gasteiger partial charge in [-0.3, -0.25) is 4.79 Å². The number of aromatic nitrogens is 1. The fourth-order valence-electron chi connectivity index (χ4n) is 3.40. The lowest BCUT2D eigenvalue weighted by Crippen LogP contribution is -2.20. The highest BCUT2D eigenvalue weighted by Gasteiger charge is 2.14. The maximum absolute atomic E-state index is 12.8. The molecule has 0 atom stereocenters. The van der Waals surface area contributed by atoms with Crippen LogP contribution in [0.25, 0.3) is 10.9 Å². The van der Waals surface area contributed by atoms with Crippen LogP contribution in [0.3, 0.4) is 0 Å². The quantitative estimate of drug-likeness (QED) is 0.673. The smallest absolute Gasteiger partial charge is 0.244 e. The van der Waals surface area contributed by atoms with E-state index in [4.69, 9.17) is 9.47 Å². The number of rotatable bonds is 7. The van der Waals surface area contributed by atoms with Crippen molar-refractivity contribution in [3.8, 4) is 11.5 Å². The zero-order valence-corrected chi connectivity index (χ0v) is 16.3. The SMILES string of the molecule is CCc1cccc(CC)c1NC(=O)Cn1ccc2c(OC)cc(OC)cc21. The number of carbonyl (C=O) groups is 1. The third-order valence-electron chi connectivity index (χ3n) is 4.86. The van der Waals surface area contributed by atoms with Crippen LogP contribution in [0.5, 0.6) is 11.5 Å². The monoisotopic (exact) mass is 366 g/mol. The van der Waals surface area contributed by atoms with Crippen LogP contribution in [0, 0.1) is 0 Å². The first-order valence-corrected chi connectivity index (χ1v) is 9.22. The minimum Gasteiger partial charge on any atom is -0.497 e. The summed E-state index contributed by atoms with van der Waals surface area (Å²) in [5.74, 6) is 1.38. The number of hydrogen-bond acceptors (Lipinski definition) is 3. The van der Waals surface area contributed by atoms with E-state index in [2.05, 4.69) is 31.3 Å². The number of methoxy groups -OCH3 is 2. The maximum atomic E-state index is 12.8. The molecule has 0 aliphatic rings. The molecule has 1 heterocycles. The van der Waals surface area contributed by atoms with Gasteiger partial charge in [-0.2, -0.15) is 0 Å². The molecule has 0 saturated carbocycles. The topological polar surface area (TPSA) is 52.5 Å². The van der Waals surface area contributed by atoms with Gasteiger partial charge in [0.25, 0.3) is 0 Å². The highest BCUT2D eigenvalue weighted by Crippen LogP contribution is 2.32. The largest absolute Gasteiger partial charge is 0.497 e. The summed E-state index contributed by atoms with van der Waals surface area (Å²) in [6.45, 7) is 4.42. The van der Waals surface area contributed by atoms with Crippen molar-refractivity contribution in [2.75, 3.05) is 19.5 Å². The molecule has 0 spiro atoms. The maximum Gasteiger partial charge on any atom is 0.244 e. The average molecular weight is 366 g/mol. The molecule has 1 amide bonds. The zero-order chi connectivity index (χ0) is 19.4. The standard InChI is InChI=1S/C22H26N2O3/c1-5-15-8-7-9-16(6-2)22(15)23-21(25)14-24-11-10-18-19(24)12-17(26-3)13-20(18)27-4/h7-13H,5-6,14H2,1-4H3,(H,23,25). The summed E-state index contributed by atoms with van der Waals surface area (Å²) in [6.07, 6.45) is 3.66. The van der Waals surface area contributed by atoms with E-state index < -0.39 is 0 Å². The Kier molecular flexibility index (Phi) is 5.69. The van der Waals surface area contributed by atoms with Crippen molar-refractivity contribution in [3.05, 3.63) is 53.7 Å². The Morgan fingerprint density at radius 2 is 1.74 bits per heavy atom. The molecule has 27 heavy (non-hydrogen) atoms. The molecule has 0 radical (unpaired) electrons. The van der Waals surface area contributed by atoms with E-state index in [1.807, 2.05) is 35.0 Å². The lowest BCUT2D eigenvalue weighted by atomic mass is 10.0. The molecule has 0 bridgehead atoms. The van der Waals surface area contributed by atoms with Crippen molar-refractivity contribution in [2.45, 2.75) is 33.2 Å². The van der Waals surface area contributed by atoms with Crippen LogP contribution in [0.1, 0.15) is 25.0 Å². The van der Waals surface area contributed by atoms with Crippen LogP contribution in [0.2, 0.25) is 0 Å². The number of hydrogen-bond donors (Lipinski definition) is 1.